The van der Waals surface area contributed by atoms with E-state index < -0.39 is 23.1 Å². The predicted octanol–water partition coefficient (Wildman–Crippen LogP) is 3.31. The van der Waals surface area contributed by atoms with Crippen molar-refractivity contribution in [1.29, 1.82) is 0 Å². The molecule has 0 fully saturated rings. The number of amides is 1. The molecule has 0 saturated carbocycles. The average molecular weight is 415 g/mol. The van der Waals surface area contributed by atoms with E-state index in [1.807, 2.05) is 0 Å². The van der Waals surface area contributed by atoms with Crippen molar-refractivity contribution in [2.45, 2.75) is 19.9 Å². The highest BCUT2D eigenvalue weighted by Gasteiger charge is 2.23. The van der Waals surface area contributed by atoms with E-state index >= 15 is 0 Å². The van der Waals surface area contributed by atoms with Crippen LogP contribution in [-0.4, -0.2) is 45.2 Å². The molecule has 3 rings (SSSR count). The van der Waals surface area contributed by atoms with Gasteiger partial charge in [-0.25, -0.2) is 8.78 Å². The average Bonchev–Trinajstić information content (AvgIpc) is 3.23. The Bertz CT molecular complexity index is 1150. The summed E-state index contributed by atoms with van der Waals surface area (Å²) in [6.07, 6.45) is 5.41. The molecule has 8 heteroatoms. The third-order valence-corrected chi connectivity index (χ3v) is 4.98. The van der Waals surface area contributed by atoms with Gasteiger partial charge in [-0.05, 0) is 37.1 Å². The SMILES string of the molecule is C=CCCn1cc(-c2cc(F)c(F)c(C(=O)N(CC)CCO)c2)c2cc[nH]c2c1=O. The fraction of sp³-hybridized carbons (Fsp3) is 0.273. The number of allylic oxidation sites excluding steroid dienone is 1. The first-order chi connectivity index (χ1) is 14.4. The Hall–Kier alpha value is -3.26. The molecule has 1 amide bonds. The van der Waals surface area contributed by atoms with Crippen LogP contribution in [0.25, 0.3) is 22.0 Å². The summed E-state index contributed by atoms with van der Waals surface area (Å²) in [5.41, 5.74) is 0.444. The summed E-state index contributed by atoms with van der Waals surface area (Å²) in [6, 6.07) is 3.97. The number of likely N-dealkylation sites (N-methyl/N-ethyl adjacent to an activating group) is 1. The maximum atomic E-state index is 14.5. The van der Waals surface area contributed by atoms with E-state index in [4.69, 9.17) is 5.11 Å². The van der Waals surface area contributed by atoms with E-state index in [1.165, 1.54) is 15.5 Å². The lowest BCUT2D eigenvalue weighted by Gasteiger charge is -2.20. The van der Waals surface area contributed by atoms with Crippen LogP contribution in [0, 0.1) is 11.6 Å². The van der Waals surface area contributed by atoms with E-state index in [1.54, 1.807) is 31.5 Å². The molecule has 0 atom stereocenters. The van der Waals surface area contributed by atoms with Crippen molar-refractivity contribution in [2.75, 3.05) is 19.7 Å². The second kappa shape index (κ2) is 9.04. The molecule has 0 aliphatic heterocycles. The third kappa shape index (κ3) is 3.91. The summed E-state index contributed by atoms with van der Waals surface area (Å²) in [6.45, 7) is 5.67. The number of halogens is 2. The Morgan fingerprint density at radius 3 is 2.80 bits per heavy atom. The first kappa shape index (κ1) is 21.4. The normalized spacial score (nSPS) is 11.1. The van der Waals surface area contributed by atoms with Crippen molar-refractivity contribution in [2.24, 2.45) is 0 Å². The van der Waals surface area contributed by atoms with Gasteiger partial charge in [0.1, 0.15) is 5.52 Å². The summed E-state index contributed by atoms with van der Waals surface area (Å²) in [5, 5.41) is 9.68. The molecule has 0 saturated heterocycles. The van der Waals surface area contributed by atoms with Crippen molar-refractivity contribution in [1.82, 2.24) is 14.5 Å². The van der Waals surface area contributed by atoms with Gasteiger partial charge in [-0.15, -0.1) is 6.58 Å². The maximum Gasteiger partial charge on any atom is 0.274 e. The highest BCUT2D eigenvalue weighted by molar-refractivity contribution is 5.99. The highest BCUT2D eigenvalue weighted by Crippen LogP contribution is 2.30. The Morgan fingerprint density at radius 1 is 1.37 bits per heavy atom. The Morgan fingerprint density at radius 2 is 2.13 bits per heavy atom. The van der Waals surface area contributed by atoms with E-state index in [0.29, 0.717) is 29.4 Å². The van der Waals surface area contributed by atoms with Gasteiger partial charge in [0, 0.05) is 43.0 Å². The van der Waals surface area contributed by atoms with E-state index in [2.05, 4.69) is 11.6 Å². The lowest BCUT2D eigenvalue weighted by molar-refractivity contribution is 0.0726. The lowest BCUT2D eigenvalue weighted by Crippen LogP contribution is -2.34. The number of nitrogens with zero attached hydrogens (tertiary/aromatic N) is 2. The van der Waals surface area contributed by atoms with Crippen molar-refractivity contribution >= 4 is 16.8 Å². The zero-order chi connectivity index (χ0) is 21.8. The molecular weight excluding hydrogens is 392 g/mol. The standard InChI is InChI=1S/C22H23F2N3O3/c1-3-5-8-27-13-17(15-6-7-25-20(15)22(27)30)14-11-16(19(24)18(23)12-14)21(29)26(4-2)9-10-28/h3,6-7,11-13,25,28H,1,4-5,8-10H2,2H3. The van der Waals surface area contributed by atoms with Crippen LogP contribution in [0.15, 0.2) is 48.0 Å². The van der Waals surface area contributed by atoms with Crippen LogP contribution >= 0.6 is 0 Å². The number of H-pyrrole nitrogens is 1. The summed E-state index contributed by atoms with van der Waals surface area (Å²) in [4.78, 5) is 29.5. The molecule has 2 heterocycles. The number of benzene rings is 1. The Labute approximate surface area is 172 Å². The molecule has 6 nitrogen and oxygen atoms in total. The van der Waals surface area contributed by atoms with Crippen LogP contribution in [0.2, 0.25) is 0 Å². The summed E-state index contributed by atoms with van der Waals surface area (Å²) >= 11 is 0. The minimum atomic E-state index is -1.24. The van der Waals surface area contributed by atoms with Crippen molar-refractivity contribution < 1.29 is 18.7 Å². The number of aromatic amines is 1. The molecule has 0 spiro atoms. The number of carbonyl (C=O) groups excluding carboxylic acids is 1. The van der Waals surface area contributed by atoms with Crippen molar-refractivity contribution in [3.63, 3.8) is 0 Å². The second-order valence-electron chi connectivity index (χ2n) is 6.81. The van der Waals surface area contributed by atoms with Crippen LogP contribution in [0.1, 0.15) is 23.7 Å². The van der Waals surface area contributed by atoms with Crippen molar-refractivity contribution in [3.05, 3.63) is 70.8 Å². The molecule has 0 aliphatic carbocycles. The van der Waals surface area contributed by atoms with Crippen molar-refractivity contribution in [3.8, 4) is 11.1 Å². The predicted molar refractivity (Wildman–Crippen MR) is 111 cm³/mol. The quantitative estimate of drug-likeness (QED) is 0.554. The summed E-state index contributed by atoms with van der Waals surface area (Å²) < 4.78 is 30.4. The summed E-state index contributed by atoms with van der Waals surface area (Å²) in [5.74, 6) is -3.12. The fourth-order valence-electron chi connectivity index (χ4n) is 3.42. The molecule has 0 aliphatic rings. The highest BCUT2D eigenvalue weighted by atomic mass is 19.2. The minimum Gasteiger partial charge on any atom is -0.395 e. The van der Waals surface area contributed by atoms with E-state index in [9.17, 15) is 18.4 Å². The number of carbonyl (C=O) groups is 1. The summed E-state index contributed by atoms with van der Waals surface area (Å²) in [7, 11) is 0. The van der Waals surface area contributed by atoms with Gasteiger partial charge < -0.3 is 19.6 Å². The number of hydrogen-bond donors (Lipinski definition) is 2. The number of aliphatic hydroxyl groups is 1. The van der Waals surface area contributed by atoms with Gasteiger partial charge in [0.25, 0.3) is 11.5 Å². The topological polar surface area (TPSA) is 78.3 Å². The Balaban J connectivity index is 2.20. The third-order valence-electron chi connectivity index (χ3n) is 4.98. The molecule has 2 aromatic heterocycles. The largest absolute Gasteiger partial charge is 0.395 e. The number of aromatic nitrogens is 2. The number of rotatable bonds is 8. The zero-order valence-corrected chi connectivity index (χ0v) is 16.6. The van der Waals surface area contributed by atoms with Gasteiger partial charge in [0.15, 0.2) is 11.6 Å². The number of aliphatic hydroxyl groups excluding tert-OH is 1. The molecule has 0 bridgehead atoms. The first-order valence-corrected chi connectivity index (χ1v) is 9.63. The maximum absolute atomic E-state index is 14.5. The molecule has 158 valence electrons. The molecule has 0 radical (unpaired) electrons. The monoisotopic (exact) mass is 415 g/mol. The number of hydrogen-bond acceptors (Lipinski definition) is 3. The van der Waals surface area contributed by atoms with Crippen LogP contribution in [0.5, 0.6) is 0 Å². The number of pyridine rings is 1. The number of nitrogens with one attached hydrogen (secondary N) is 1. The molecule has 30 heavy (non-hydrogen) atoms. The molecule has 2 N–H and O–H groups in total. The first-order valence-electron chi connectivity index (χ1n) is 9.63. The Kier molecular flexibility index (Phi) is 6.47. The molecule has 0 unspecified atom stereocenters. The molecule has 1 aromatic carbocycles. The van der Waals surface area contributed by atoms with Crippen LogP contribution in [-0.2, 0) is 6.54 Å². The van der Waals surface area contributed by atoms with Gasteiger partial charge in [0.2, 0.25) is 0 Å². The van der Waals surface area contributed by atoms with Crippen LogP contribution in [0.4, 0.5) is 8.78 Å². The van der Waals surface area contributed by atoms with E-state index in [-0.39, 0.29) is 30.8 Å². The number of fused-ring (bicyclic) bond motifs is 1. The van der Waals surface area contributed by atoms with Gasteiger partial charge in [-0.1, -0.05) is 6.08 Å². The van der Waals surface area contributed by atoms with E-state index in [0.717, 1.165) is 6.07 Å². The van der Waals surface area contributed by atoms with Gasteiger partial charge >= 0.3 is 0 Å². The zero-order valence-electron chi connectivity index (χ0n) is 16.6. The smallest absolute Gasteiger partial charge is 0.274 e. The van der Waals surface area contributed by atoms with Crippen LogP contribution < -0.4 is 5.56 Å². The molecule has 3 aromatic rings. The fourth-order valence-corrected chi connectivity index (χ4v) is 3.42. The van der Waals surface area contributed by atoms with Gasteiger partial charge in [-0.3, -0.25) is 9.59 Å². The van der Waals surface area contributed by atoms with Gasteiger partial charge in [0.05, 0.1) is 12.2 Å². The minimum absolute atomic E-state index is 0.00904. The van der Waals surface area contributed by atoms with Gasteiger partial charge in [-0.2, -0.15) is 0 Å². The van der Waals surface area contributed by atoms with Crippen LogP contribution in [0.3, 0.4) is 0 Å². The number of aryl methyl sites for hydroxylation is 1. The lowest BCUT2D eigenvalue weighted by atomic mass is 10.00. The second-order valence-corrected chi connectivity index (χ2v) is 6.81. The molecular formula is C22H23F2N3O3.